The molecule has 1 saturated heterocycles. The van der Waals surface area contributed by atoms with Crippen LogP contribution in [0.5, 0.6) is 0 Å². The fraction of sp³-hybridized carbons (Fsp3) is 0.571. The molecule has 2 atom stereocenters. The largest absolute Gasteiger partial charge is 0.375 e. The first-order valence-corrected chi connectivity index (χ1v) is 6.28. The first-order chi connectivity index (χ1) is 7.88. The van der Waals surface area contributed by atoms with E-state index < -0.39 is 0 Å². The number of ether oxygens (including phenoxy) is 1. The Kier molecular flexibility index (Phi) is 4.37. The second-order valence-corrected chi connectivity index (χ2v) is 4.56. The van der Waals surface area contributed by atoms with Gasteiger partial charge in [-0.2, -0.15) is 0 Å². The Labute approximate surface area is 97.8 Å². The van der Waals surface area contributed by atoms with Crippen molar-refractivity contribution in [2.75, 3.05) is 6.54 Å². The van der Waals surface area contributed by atoms with Gasteiger partial charge >= 0.3 is 0 Å². The molecule has 2 heteroatoms. The Hall–Kier alpha value is -0.860. The number of aryl methyl sites for hydroxylation is 1. The first-order valence-electron chi connectivity index (χ1n) is 6.28. The van der Waals surface area contributed by atoms with Crippen molar-refractivity contribution in [2.24, 2.45) is 5.73 Å². The number of hydrogen-bond acceptors (Lipinski definition) is 2. The topological polar surface area (TPSA) is 35.2 Å². The minimum Gasteiger partial charge on any atom is -0.375 e. The van der Waals surface area contributed by atoms with Crippen LogP contribution in [0.4, 0.5) is 0 Å². The predicted octanol–water partition coefficient (Wildman–Crippen LogP) is 2.52. The summed E-state index contributed by atoms with van der Waals surface area (Å²) >= 11 is 0. The van der Waals surface area contributed by atoms with Crippen LogP contribution in [0.15, 0.2) is 30.3 Å². The zero-order chi connectivity index (χ0) is 11.2. The van der Waals surface area contributed by atoms with Crippen LogP contribution in [0.25, 0.3) is 0 Å². The van der Waals surface area contributed by atoms with E-state index in [9.17, 15) is 0 Å². The van der Waals surface area contributed by atoms with E-state index in [1.165, 1.54) is 18.4 Å². The van der Waals surface area contributed by atoms with Gasteiger partial charge in [-0.1, -0.05) is 30.3 Å². The molecule has 0 saturated carbocycles. The van der Waals surface area contributed by atoms with Gasteiger partial charge in [-0.05, 0) is 44.2 Å². The summed E-state index contributed by atoms with van der Waals surface area (Å²) in [5.41, 5.74) is 6.95. The lowest BCUT2D eigenvalue weighted by Gasteiger charge is -2.12. The molecule has 1 aliphatic rings. The summed E-state index contributed by atoms with van der Waals surface area (Å²) in [7, 11) is 0. The second-order valence-electron chi connectivity index (χ2n) is 4.56. The van der Waals surface area contributed by atoms with E-state index in [0.717, 1.165) is 25.8 Å². The van der Waals surface area contributed by atoms with Crippen molar-refractivity contribution >= 4 is 0 Å². The van der Waals surface area contributed by atoms with Crippen LogP contribution in [0.2, 0.25) is 0 Å². The normalized spacial score (nSPS) is 24.8. The molecule has 2 unspecified atom stereocenters. The van der Waals surface area contributed by atoms with Crippen LogP contribution < -0.4 is 5.73 Å². The molecular formula is C14H21NO. The van der Waals surface area contributed by atoms with Gasteiger partial charge in [-0.15, -0.1) is 0 Å². The molecule has 1 aromatic carbocycles. The van der Waals surface area contributed by atoms with Gasteiger partial charge in [0.05, 0.1) is 12.2 Å². The molecule has 2 nitrogen and oxygen atoms in total. The lowest BCUT2D eigenvalue weighted by atomic mass is 10.0. The summed E-state index contributed by atoms with van der Waals surface area (Å²) in [6.07, 6.45) is 6.56. The standard InChI is InChI=1S/C14H21NO/c15-11-10-14-9-8-13(16-14)7-6-12-4-2-1-3-5-12/h1-5,13-14H,6-11,15H2. The number of rotatable bonds is 5. The Bertz CT molecular complexity index is 299. The van der Waals surface area contributed by atoms with Crippen molar-refractivity contribution in [3.63, 3.8) is 0 Å². The SMILES string of the molecule is NCCC1CCC(CCc2ccccc2)O1. The Morgan fingerprint density at radius 1 is 1.06 bits per heavy atom. The number of benzene rings is 1. The molecule has 0 aliphatic carbocycles. The van der Waals surface area contributed by atoms with E-state index in [0.29, 0.717) is 12.2 Å². The van der Waals surface area contributed by atoms with E-state index in [1.54, 1.807) is 0 Å². The minimum absolute atomic E-state index is 0.422. The second kappa shape index (κ2) is 6.02. The molecular weight excluding hydrogens is 198 g/mol. The lowest BCUT2D eigenvalue weighted by molar-refractivity contribution is 0.0378. The Morgan fingerprint density at radius 2 is 1.75 bits per heavy atom. The quantitative estimate of drug-likeness (QED) is 0.826. The summed E-state index contributed by atoms with van der Waals surface area (Å²) in [6, 6.07) is 10.6. The third-order valence-corrected chi connectivity index (χ3v) is 3.28. The van der Waals surface area contributed by atoms with E-state index in [2.05, 4.69) is 30.3 Å². The van der Waals surface area contributed by atoms with Crippen LogP contribution in [0.1, 0.15) is 31.2 Å². The van der Waals surface area contributed by atoms with Gasteiger partial charge in [0.1, 0.15) is 0 Å². The van der Waals surface area contributed by atoms with Crippen molar-refractivity contribution in [1.82, 2.24) is 0 Å². The summed E-state index contributed by atoms with van der Waals surface area (Å²) in [5.74, 6) is 0. The molecule has 2 N–H and O–H groups in total. The Balaban J connectivity index is 1.72. The van der Waals surface area contributed by atoms with Crippen LogP contribution in [0.3, 0.4) is 0 Å². The average Bonchev–Trinajstić information content (AvgIpc) is 2.76. The van der Waals surface area contributed by atoms with Crippen molar-refractivity contribution in [3.05, 3.63) is 35.9 Å². The molecule has 0 radical (unpaired) electrons. The van der Waals surface area contributed by atoms with E-state index in [-0.39, 0.29) is 0 Å². The lowest BCUT2D eigenvalue weighted by Crippen LogP contribution is -2.15. The van der Waals surface area contributed by atoms with Crippen molar-refractivity contribution in [2.45, 2.75) is 44.3 Å². The molecule has 0 spiro atoms. The number of hydrogen-bond donors (Lipinski definition) is 1. The summed E-state index contributed by atoms with van der Waals surface area (Å²) in [5, 5.41) is 0. The molecule has 0 amide bonds. The minimum atomic E-state index is 0.422. The molecule has 0 aromatic heterocycles. The molecule has 0 bridgehead atoms. The maximum absolute atomic E-state index is 5.94. The fourth-order valence-electron chi connectivity index (χ4n) is 2.36. The fourth-order valence-corrected chi connectivity index (χ4v) is 2.36. The van der Waals surface area contributed by atoms with Gasteiger partial charge in [-0.25, -0.2) is 0 Å². The first kappa shape index (κ1) is 11.6. The molecule has 88 valence electrons. The molecule has 16 heavy (non-hydrogen) atoms. The van der Waals surface area contributed by atoms with Gasteiger partial charge < -0.3 is 10.5 Å². The van der Waals surface area contributed by atoms with Crippen molar-refractivity contribution < 1.29 is 4.74 Å². The van der Waals surface area contributed by atoms with Gasteiger partial charge in [-0.3, -0.25) is 0 Å². The van der Waals surface area contributed by atoms with Crippen LogP contribution in [-0.2, 0) is 11.2 Å². The van der Waals surface area contributed by atoms with Crippen LogP contribution in [-0.4, -0.2) is 18.8 Å². The highest BCUT2D eigenvalue weighted by Crippen LogP contribution is 2.24. The highest BCUT2D eigenvalue weighted by molar-refractivity contribution is 5.14. The number of nitrogens with two attached hydrogens (primary N) is 1. The smallest absolute Gasteiger partial charge is 0.0591 e. The zero-order valence-electron chi connectivity index (χ0n) is 9.77. The van der Waals surface area contributed by atoms with Crippen molar-refractivity contribution in [1.29, 1.82) is 0 Å². The van der Waals surface area contributed by atoms with Gasteiger partial charge in [0.15, 0.2) is 0 Å². The summed E-state index contributed by atoms with van der Waals surface area (Å²) in [6.45, 7) is 0.746. The molecule has 1 fully saturated rings. The third-order valence-electron chi connectivity index (χ3n) is 3.28. The van der Waals surface area contributed by atoms with Gasteiger partial charge in [0.25, 0.3) is 0 Å². The van der Waals surface area contributed by atoms with Crippen LogP contribution in [0, 0.1) is 0 Å². The highest BCUT2D eigenvalue weighted by Gasteiger charge is 2.23. The zero-order valence-corrected chi connectivity index (χ0v) is 9.77. The van der Waals surface area contributed by atoms with E-state index in [4.69, 9.17) is 10.5 Å². The molecule has 1 heterocycles. The maximum atomic E-state index is 5.94. The maximum Gasteiger partial charge on any atom is 0.0591 e. The highest BCUT2D eigenvalue weighted by atomic mass is 16.5. The van der Waals surface area contributed by atoms with E-state index in [1.807, 2.05) is 0 Å². The van der Waals surface area contributed by atoms with Crippen molar-refractivity contribution in [3.8, 4) is 0 Å². The summed E-state index contributed by atoms with van der Waals surface area (Å²) < 4.78 is 5.94. The predicted molar refractivity (Wildman–Crippen MR) is 66.3 cm³/mol. The third kappa shape index (κ3) is 3.32. The molecule has 1 aromatic rings. The monoisotopic (exact) mass is 219 g/mol. The van der Waals surface area contributed by atoms with Crippen LogP contribution >= 0.6 is 0 Å². The van der Waals surface area contributed by atoms with Gasteiger partial charge in [0, 0.05) is 0 Å². The molecule has 2 rings (SSSR count). The average molecular weight is 219 g/mol. The molecule has 1 aliphatic heterocycles. The van der Waals surface area contributed by atoms with E-state index >= 15 is 0 Å². The summed E-state index contributed by atoms with van der Waals surface area (Å²) in [4.78, 5) is 0. The Morgan fingerprint density at radius 3 is 2.44 bits per heavy atom. The van der Waals surface area contributed by atoms with Gasteiger partial charge in [0.2, 0.25) is 0 Å².